The monoisotopic (exact) mass is 308 g/mol. The lowest BCUT2D eigenvalue weighted by atomic mass is 9.75. The molecule has 0 saturated carbocycles. The van der Waals surface area contributed by atoms with Crippen LogP contribution >= 0.6 is 0 Å². The number of fused-ring (bicyclic) bond motifs is 2. The molecule has 2 N–H and O–H groups in total. The van der Waals surface area contributed by atoms with Crippen LogP contribution in [0, 0.1) is 11.8 Å². The van der Waals surface area contributed by atoms with Crippen LogP contribution in [0.25, 0.3) is 0 Å². The molecule has 2 rings (SSSR count). The first kappa shape index (κ1) is 17.7. The van der Waals surface area contributed by atoms with E-state index in [2.05, 4.69) is 18.7 Å². The standard InChI is InChI=1S/C19H32O3/c1-2-8-15(21)10-11-17-16(18-12-13-19(17)22-18)9-6-4-3-5-7-14-20/h2,4,6,15-21H,1,3,5,7-14H2/t15?,16-,17+,18-,19+/m0/s1. The molecule has 0 aromatic carbocycles. The first-order chi connectivity index (χ1) is 10.8. The molecule has 2 aliphatic rings. The Balaban J connectivity index is 1.76. The number of ether oxygens (including phenoxy) is 1. The van der Waals surface area contributed by atoms with Crippen molar-refractivity contribution in [1.82, 2.24) is 0 Å². The van der Waals surface area contributed by atoms with Crippen molar-refractivity contribution < 1.29 is 14.9 Å². The molecule has 0 spiro atoms. The maximum absolute atomic E-state index is 9.92. The predicted molar refractivity (Wildman–Crippen MR) is 89.6 cm³/mol. The summed E-state index contributed by atoms with van der Waals surface area (Å²) in [6.45, 7) is 3.99. The Labute approximate surface area is 135 Å². The highest BCUT2D eigenvalue weighted by Gasteiger charge is 2.47. The second-order valence-electron chi connectivity index (χ2n) is 6.80. The van der Waals surface area contributed by atoms with E-state index < -0.39 is 0 Å². The fraction of sp³-hybridized carbons (Fsp3) is 0.789. The number of hydrogen-bond donors (Lipinski definition) is 2. The quantitative estimate of drug-likeness (QED) is 0.453. The summed E-state index contributed by atoms with van der Waals surface area (Å²) in [5, 5.41) is 18.7. The van der Waals surface area contributed by atoms with E-state index in [1.807, 2.05) is 0 Å². The molecule has 2 bridgehead atoms. The third-order valence-corrected chi connectivity index (χ3v) is 5.22. The molecule has 2 aliphatic heterocycles. The van der Waals surface area contributed by atoms with Crippen LogP contribution in [0.15, 0.2) is 24.8 Å². The Morgan fingerprint density at radius 1 is 1.14 bits per heavy atom. The normalized spacial score (nSPS) is 31.9. The number of aliphatic hydroxyl groups excluding tert-OH is 2. The molecule has 0 amide bonds. The summed E-state index contributed by atoms with van der Waals surface area (Å²) < 4.78 is 6.12. The van der Waals surface area contributed by atoms with E-state index >= 15 is 0 Å². The predicted octanol–water partition coefficient (Wildman–Crippen LogP) is 3.61. The molecule has 1 unspecified atom stereocenters. The number of unbranched alkanes of at least 4 members (excludes halogenated alkanes) is 2. The Bertz CT molecular complexity index is 353. The number of aliphatic hydroxyl groups is 2. The smallest absolute Gasteiger partial charge is 0.0614 e. The van der Waals surface area contributed by atoms with Crippen LogP contribution in [-0.2, 0) is 4.74 Å². The van der Waals surface area contributed by atoms with Gasteiger partial charge < -0.3 is 14.9 Å². The summed E-state index contributed by atoms with van der Waals surface area (Å²) in [6.07, 6.45) is 16.1. The molecule has 126 valence electrons. The maximum Gasteiger partial charge on any atom is 0.0614 e. The Kier molecular flexibility index (Phi) is 7.64. The van der Waals surface area contributed by atoms with Gasteiger partial charge in [0.2, 0.25) is 0 Å². The maximum atomic E-state index is 9.92. The van der Waals surface area contributed by atoms with Gasteiger partial charge in [-0.3, -0.25) is 0 Å². The van der Waals surface area contributed by atoms with Gasteiger partial charge >= 0.3 is 0 Å². The average Bonchev–Trinajstić information content (AvgIpc) is 3.10. The summed E-state index contributed by atoms with van der Waals surface area (Å²) in [6, 6.07) is 0. The van der Waals surface area contributed by atoms with Crippen molar-refractivity contribution in [3.8, 4) is 0 Å². The molecule has 22 heavy (non-hydrogen) atoms. The fourth-order valence-electron chi connectivity index (χ4n) is 4.04. The van der Waals surface area contributed by atoms with Crippen LogP contribution in [-0.4, -0.2) is 35.1 Å². The zero-order valence-electron chi connectivity index (χ0n) is 13.7. The van der Waals surface area contributed by atoms with Crippen molar-refractivity contribution in [1.29, 1.82) is 0 Å². The average molecular weight is 308 g/mol. The molecule has 5 atom stereocenters. The first-order valence-electron chi connectivity index (χ1n) is 8.96. The Morgan fingerprint density at radius 3 is 2.64 bits per heavy atom. The molecule has 2 saturated heterocycles. The van der Waals surface area contributed by atoms with Gasteiger partial charge in [0, 0.05) is 6.61 Å². The van der Waals surface area contributed by atoms with Crippen LogP contribution in [0.5, 0.6) is 0 Å². The van der Waals surface area contributed by atoms with Gasteiger partial charge in [-0.2, -0.15) is 0 Å². The third-order valence-electron chi connectivity index (χ3n) is 5.22. The van der Waals surface area contributed by atoms with Crippen LogP contribution in [0.2, 0.25) is 0 Å². The number of rotatable bonds is 11. The second-order valence-corrected chi connectivity index (χ2v) is 6.80. The molecular weight excluding hydrogens is 276 g/mol. The van der Waals surface area contributed by atoms with E-state index in [9.17, 15) is 5.11 Å². The SMILES string of the molecule is C=CCC(O)CC[C@@H]1[C@H](CC=CCCCCO)[C@@H]2CC[C@H]1O2. The minimum atomic E-state index is -0.244. The lowest BCUT2D eigenvalue weighted by Crippen LogP contribution is -2.27. The summed E-state index contributed by atoms with van der Waals surface area (Å²) in [5.74, 6) is 1.24. The van der Waals surface area contributed by atoms with Gasteiger partial charge in [-0.05, 0) is 69.6 Å². The van der Waals surface area contributed by atoms with Gasteiger partial charge in [-0.1, -0.05) is 18.2 Å². The highest BCUT2D eigenvalue weighted by Crippen LogP contribution is 2.47. The zero-order chi connectivity index (χ0) is 15.8. The van der Waals surface area contributed by atoms with E-state index in [0.717, 1.165) is 38.5 Å². The van der Waals surface area contributed by atoms with Crippen LogP contribution < -0.4 is 0 Å². The lowest BCUT2D eigenvalue weighted by Gasteiger charge is -2.27. The van der Waals surface area contributed by atoms with Crippen LogP contribution in [0.4, 0.5) is 0 Å². The van der Waals surface area contributed by atoms with Crippen LogP contribution in [0.1, 0.15) is 57.8 Å². The summed E-state index contributed by atoms with van der Waals surface area (Å²) in [7, 11) is 0. The molecule has 0 radical (unpaired) electrons. The van der Waals surface area contributed by atoms with Gasteiger partial charge in [0.05, 0.1) is 18.3 Å². The second kappa shape index (κ2) is 9.49. The van der Waals surface area contributed by atoms with Gasteiger partial charge in [-0.15, -0.1) is 6.58 Å². The highest BCUT2D eigenvalue weighted by atomic mass is 16.5. The van der Waals surface area contributed by atoms with E-state index in [1.165, 1.54) is 12.8 Å². The third kappa shape index (κ3) is 4.94. The topological polar surface area (TPSA) is 49.7 Å². The summed E-state index contributed by atoms with van der Waals surface area (Å²) in [4.78, 5) is 0. The number of allylic oxidation sites excluding steroid dienone is 2. The molecule has 0 aromatic heterocycles. The van der Waals surface area contributed by atoms with Crippen molar-refractivity contribution in [3.05, 3.63) is 24.8 Å². The molecule has 3 nitrogen and oxygen atoms in total. The largest absolute Gasteiger partial charge is 0.396 e. The van der Waals surface area contributed by atoms with Gasteiger partial charge in [0.15, 0.2) is 0 Å². The fourth-order valence-corrected chi connectivity index (χ4v) is 4.04. The van der Waals surface area contributed by atoms with Crippen molar-refractivity contribution in [2.75, 3.05) is 6.61 Å². The van der Waals surface area contributed by atoms with Crippen LogP contribution in [0.3, 0.4) is 0 Å². The molecule has 2 fully saturated rings. The summed E-state index contributed by atoms with van der Waals surface area (Å²) in [5.41, 5.74) is 0. The lowest BCUT2D eigenvalue weighted by molar-refractivity contribution is 0.0838. The van der Waals surface area contributed by atoms with Crippen molar-refractivity contribution >= 4 is 0 Å². The van der Waals surface area contributed by atoms with E-state index in [1.54, 1.807) is 6.08 Å². The Hall–Kier alpha value is -0.640. The van der Waals surface area contributed by atoms with Crippen molar-refractivity contribution in [2.45, 2.75) is 76.1 Å². The van der Waals surface area contributed by atoms with Gasteiger partial charge in [-0.25, -0.2) is 0 Å². The molecule has 2 heterocycles. The summed E-state index contributed by atoms with van der Waals surface area (Å²) >= 11 is 0. The van der Waals surface area contributed by atoms with E-state index in [4.69, 9.17) is 9.84 Å². The molecule has 0 aliphatic carbocycles. The number of hydrogen-bond acceptors (Lipinski definition) is 3. The highest BCUT2D eigenvalue weighted by molar-refractivity contribution is 4.99. The van der Waals surface area contributed by atoms with Crippen molar-refractivity contribution in [3.63, 3.8) is 0 Å². The molecule has 3 heteroatoms. The zero-order valence-corrected chi connectivity index (χ0v) is 13.7. The minimum Gasteiger partial charge on any atom is -0.396 e. The van der Waals surface area contributed by atoms with E-state index in [-0.39, 0.29) is 6.10 Å². The van der Waals surface area contributed by atoms with Crippen molar-refractivity contribution in [2.24, 2.45) is 11.8 Å². The molecular formula is C19H32O3. The Morgan fingerprint density at radius 2 is 1.91 bits per heavy atom. The van der Waals surface area contributed by atoms with Gasteiger partial charge in [0.25, 0.3) is 0 Å². The van der Waals surface area contributed by atoms with E-state index in [0.29, 0.717) is 37.1 Å². The minimum absolute atomic E-state index is 0.244. The molecule has 0 aromatic rings. The first-order valence-corrected chi connectivity index (χ1v) is 8.96. The van der Waals surface area contributed by atoms with Gasteiger partial charge in [0.1, 0.15) is 0 Å².